The van der Waals surface area contributed by atoms with Gasteiger partial charge in [-0.1, -0.05) is 23.7 Å². The highest BCUT2D eigenvalue weighted by molar-refractivity contribution is 7.22. The van der Waals surface area contributed by atoms with Crippen molar-refractivity contribution in [3.63, 3.8) is 0 Å². The molecule has 1 amide bonds. The topological polar surface area (TPSA) is 123 Å². The number of likely N-dealkylation sites (tertiary alicyclic amines) is 2. The number of ether oxygens (including phenoxy) is 2. The molecule has 2 fully saturated rings. The average Bonchev–Trinajstić information content (AvgIpc) is 3.62. The third-order valence-corrected chi connectivity index (χ3v) is 11.3. The van der Waals surface area contributed by atoms with Crippen LogP contribution in [-0.4, -0.2) is 90.1 Å². The summed E-state index contributed by atoms with van der Waals surface area (Å²) in [7, 11) is 1.94. The Hall–Kier alpha value is -4.10. The molecule has 11 nitrogen and oxygen atoms in total. The predicted octanol–water partition coefficient (Wildman–Crippen LogP) is 8.61. The molecule has 2 aliphatic heterocycles. The van der Waals surface area contributed by atoms with E-state index >= 15 is 0 Å². The number of nitrogens with zero attached hydrogens (tertiary/aromatic N) is 6. The number of piperidine rings is 1. The SMILES string of the molecule is Cc1cc2nc(-c3cnc4c(c3)c(C3CCN(C5CN(C(=O)OC(C)(C)C)C5)CC3)nn4C)sc2c(-c2ccc(Cl)cc2)c1C(OC(C)(C)C)C(=O)O. The number of carboxylic acid groups (broad SMARTS) is 1. The second-order valence-electron chi connectivity index (χ2n) is 16.3. The van der Waals surface area contributed by atoms with E-state index in [1.54, 1.807) is 4.90 Å². The van der Waals surface area contributed by atoms with Crippen molar-refractivity contribution in [1.82, 2.24) is 29.5 Å². The number of hydrogen-bond acceptors (Lipinski definition) is 9. The van der Waals surface area contributed by atoms with E-state index in [-0.39, 0.29) is 12.0 Å². The second kappa shape index (κ2) is 14.0. The summed E-state index contributed by atoms with van der Waals surface area (Å²) in [5, 5.41) is 17.8. The van der Waals surface area contributed by atoms with Gasteiger partial charge in [-0.15, -0.1) is 11.3 Å². The second-order valence-corrected chi connectivity index (χ2v) is 17.7. The van der Waals surface area contributed by atoms with Gasteiger partial charge in [0.05, 0.1) is 21.5 Å². The Morgan fingerprint density at radius 3 is 2.30 bits per heavy atom. The first-order valence-electron chi connectivity index (χ1n) is 18.1. The van der Waals surface area contributed by atoms with E-state index in [9.17, 15) is 14.7 Å². The number of aryl methyl sites for hydroxylation is 2. The van der Waals surface area contributed by atoms with Crippen LogP contribution in [0, 0.1) is 6.92 Å². The minimum absolute atomic E-state index is 0.240. The number of aromatic nitrogens is 4. The molecule has 5 heterocycles. The molecule has 2 saturated heterocycles. The van der Waals surface area contributed by atoms with Gasteiger partial charge in [-0.3, -0.25) is 9.58 Å². The molecule has 1 unspecified atom stereocenters. The molecule has 2 aromatic carbocycles. The number of aliphatic carboxylic acids is 1. The zero-order chi connectivity index (χ0) is 38.0. The van der Waals surface area contributed by atoms with Gasteiger partial charge in [0.15, 0.2) is 11.8 Å². The van der Waals surface area contributed by atoms with E-state index in [2.05, 4.69) is 11.0 Å². The van der Waals surface area contributed by atoms with Gasteiger partial charge in [0.1, 0.15) is 10.6 Å². The van der Waals surface area contributed by atoms with Crippen LogP contribution in [0.15, 0.2) is 42.6 Å². The van der Waals surface area contributed by atoms with E-state index < -0.39 is 23.3 Å². The van der Waals surface area contributed by atoms with E-state index in [1.807, 2.05) is 96.7 Å². The molecule has 0 aliphatic carbocycles. The fraction of sp³-hybridized carbons (Fsp3) is 0.475. The van der Waals surface area contributed by atoms with Gasteiger partial charge < -0.3 is 19.5 Å². The quantitative estimate of drug-likeness (QED) is 0.174. The van der Waals surface area contributed by atoms with Crippen LogP contribution in [-0.2, 0) is 21.3 Å². The van der Waals surface area contributed by atoms with Crippen LogP contribution in [0.5, 0.6) is 0 Å². The number of halogens is 1. The molecule has 0 bridgehead atoms. The fourth-order valence-electron chi connectivity index (χ4n) is 7.45. The number of amides is 1. The Morgan fingerprint density at radius 2 is 1.68 bits per heavy atom. The molecule has 1 N–H and O–H groups in total. The Morgan fingerprint density at radius 1 is 1.00 bits per heavy atom. The number of benzene rings is 2. The lowest BCUT2D eigenvalue weighted by atomic mass is 9.90. The van der Waals surface area contributed by atoms with Crippen LogP contribution in [0.3, 0.4) is 0 Å². The summed E-state index contributed by atoms with van der Waals surface area (Å²) in [6.45, 7) is 16.4. The molecule has 0 saturated carbocycles. The molecule has 280 valence electrons. The first-order chi connectivity index (χ1) is 25.0. The lowest BCUT2D eigenvalue weighted by Crippen LogP contribution is -2.62. The largest absolute Gasteiger partial charge is 0.479 e. The minimum Gasteiger partial charge on any atom is -0.479 e. The van der Waals surface area contributed by atoms with Crippen molar-refractivity contribution < 1.29 is 24.2 Å². The van der Waals surface area contributed by atoms with Crippen molar-refractivity contribution in [1.29, 1.82) is 0 Å². The molecule has 1 atom stereocenters. The van der Waals surface area contributed by atoms with Gasteiger partial charge in [0.2, 0.25) is 0 Å². The zero-order valence-electron chi connectivity index (χ0n) is 31.6. The highest BCUT2D eigenvalue weighted by Gasteiger charge is 2.39. The van der Waals surface area contributed by atoms with Gasteiger partial charge >= 0.3 is 12.1 Å². The first-order valence-corrected chi connectivity index (χ1v) is 19.3. The summed E-state index contributed by atoms with van der Waals surface area (Å²) in [5.41, 5.74) is 5.33. The monoisotopic (exact) mass is 758 g/mol. The van der Waals surface area contributed by atoms with Crippen LogP contribution in [0.2, 0.25) is 5.02 Å². The van der Waals surface area contributed by atoms with Crippen molar-refractivity contribution >= 4 is 56.3 Å². The maximum Gasteiger partial charge on any atom is 0.410 e. The van der Waals surface area contributed by atoms with Crippen LogP contribution in [0.4, 0.5) is 4.79 Å². The molecular formula is C40H47ClN6O5S. The van der Waals surface area contributed by atoms with E-state index in [1.165, 1.54) is 11.3 Å². The van der Waals surface area contributed by atoms with Gasteiger partial charge in [-0.05, 0) is 110 Å². The standard InChI is InChI=1S/C40H47ClN6O5S/c1-22-17-29-34(31(23-9-11-26(41)12-10-23)30(22)33(37(48)49)51-39(2,3)4)53-36(43-29)25-18-28-32(44-45(8)35(28)42-19-25)24-13-15-46(16-14-24)27-20-47(21-27)38(50)52-40(5,6)7/h9-12,17-19,24,27,33H,13-16,20-21H2,1-8H3,(H,48,49). The van der Waals surface area contributed by atoms with Gasteiger partial charge in [0, 0.05) is 65.4 Å². The van der Waals surface area contributed by atoms with Gasteiger partial charge in [0.25, 0.3) is 0 Å². The number of carboxylic acids is 1. The van der Waals surface area contributed by atoms with Crippen LogP contribution in [0.25, 0.3) is 42.9 Å². The summed E-state index contributed by atoms with van der Waals surface area (Å²) in [5.74, 6) is -0.774. The van der Waals surface area contributed by atoms with Crippen molar-refractivity contribution in [2.24, 2.45) is 7.05 Å². The van der Waals surface area contributed by atoms with Crippen molar-refractivity contribution in [3.05, 3.63) is 64.4 Å². The third-order valence-electron chi connectivity index (χ3n) is 9.92. The number of pyridine rings is 1. The summed E-state index contributed by atoms with van der Waals surface area (Å²) in [6.07, 6.45) is 2.35. The Labute approximate surface area is 318 Å². The molecule has 7 rings (SSSR count). The van der Waals surface area contributed by atoms with Gasteiger partial charge in [-0.25, -0.2) is 19.6 Å². The lowest BCUT2D eigenvalue weighted by Gasteiger charge is -2.47. The number of rotatable bonds is 7. The van der Waals surface area contributed by atoms with Gasteiger partial charge in [-0.2, -0.15) is 5.10 Å². The molecule has 53 heavy (non-hydrogen) atoms. The zero-order valence-corrected chi connectivity index (χ0v) is 33.1. The fourth-order valence-corrected chi connectivity index (χ4v) is 8.68. The number of carbonyl (C=O) groups excluding carboxylic acids is 1. The molecule has 3 aromatic heterocycles. The van der Waals surface area contributed by atoms with Crippen LogP contribution < -0.4 is 0 Å². The number of thiazole rings is 1. The van der Waals surface area contributed by atoms with Crippen molar-refractivity contribution in [2.45, 2.75) is 90.6 Å². The molecular weight excluding hydrogens is 712 g/mol. The minimum atomic E-state index is -1.19. The summed E-state index contributed by atoms with van der Waals surface area (Å²) < 4.78 is 14.5. The average molecular weight is 759 g/mol. The Balaban J connectivity index is 1.19. The summed E-state index contributed by atoms with van der Waals surface area (Å²) in [6, 6.07) is 11.9. The molecule has 0 radical (unpaired) electrons. The van der Waals surface area contributed by atoms with Crippen molar-refractivity contribution in [2.75, 3.05) is 26.2 Å². The number of carbonyl (C=O) groups is 2. The molecule has 5 aromatic rings. The van der Waals surface area contributed by atoms with E-state index in [0.717, 1.165) is 80.1 Å². The van der Waals surface area contributed by atoms with Crippen molar-refractivity contribution in [3.8, 4) is 21.7 Å². The highest BCUT2D eigenvalue weighted by atomic mass is 35.5. The maximum absolute atomic E-state index is 12.8. The Kier molecular flexibility index (Phi) is 9.80. The lowest BCUT2D eigenvalue weighted by molar-refractivity contribution is -0.160. The maximum atomic E-state index is 12.8. The highest BCUT2D eigenvalue weighted by Crippen LogP contribution is 2.45. The normalized spacial score (nSPS) is 17.0. The van der Waals surface area contributed by atoms with Crippen LogP contribution in [0.1, 0.15) is 83.2 Å². The number of fused-ring (bicyclic) bond motifs is 2. The third kappa shape index (κ3) is 7.64. The molecule has 0 spiro atoms. The molecule has 2 aliphatic rings. The summed E-state index contributed by atoms with van der Waals surface area (Å²) in [4.78, 5) is 39.5. The van der Waals surface area contributed by atoms with E-state index in [0.29, 0.717) is 29.7 Å². The predicted molar refractivity (Wildman–Crippen MR) is 209 cm³/mol. The van der Waals surface area contributed by atoms with E-state index in [4.69, 9.17) is 36.1 Å². The summed E-state index contributed by atoms with van der Waals surface area (Å²) >= 11 is 7.81. The number of hydrogen-bond donors (Lipinski definition) is 1. The Bertz CT molecular complexity index is 2190. The molecule has 13 heteroatoms. The first kappa shape index (κ1) is 37.2. The van der Waals surface area contributed by atoms with Crippen LogP contribution >= 0.6 is 22.9 Å². The smallest absolute Gasteiger partial charge is 0.410 e.